The Morgan fingerprint density at radius 2 is 1.95 bits per heavy atom. The van der Waals surface area contributed by atoms with Crippen molar-refractivity contribution < 1.29 is 8.42 Å². The Hall–Kier alpha value is -0.920. The predicted octanol–water partition coefficient (Wildman–Crippen LogP) is 2.74. The van der Waals surface area contributed by atoms with Crippen LogP contribution in [0.15, 0.2) is 27.8 Å². The largest absolute Gasteiger partial charge is 0.345 e. The van der Waals surface area contributed by atoms with Gasteiger partial charge in [-0.3, -0.25) is 0 Å². The van der Waals surface area contributed by atoms with E-state index in [4.69, 9.17) is 0 Å². The summed E-state index contributed by atoms with van der Waals surface area (Å²) >= 11 is 3.35. The molecular formula is C12H16BrN3O2S. The minimum Gasteiger partial charge on any atom is -0.345 e. The number of benzene rings is 1. The zero-order chi connectivity index (χ0) is 14.4. The number of nitrogens with one attached hydrogen (secondary N) is 1. The van der Waals surface area contributed by atoms with Crippen LogP contribution in [0.25, 0.3) is 11.0 Å². The number of aromatic nitrogens is 2. The number of nitrogens with zero attached hydrogens (tertiary/aromatic N) is 2. The Morgan fingerprint density at radius 3 is 2.53 bits per heavy atom. The summed E-state index contributed by atoms with van der Waals surface area (Å²) in [5, 5.41) is 0. The second kappa shape index (κ2) is 4.57. The summed E-state index contributed by atoms with van der Waals surface area (Å²) in [6.45, 7) is 5.57. The average molecular weight is 346 g/mol. The number of aromatic amines is 1. The van der Waals surface area contributed by atoms with Gasteiger partial charge in [0.25, 0.3) is 0 Å². The van der Waals surface area contributed by atoms with Crippen LogP contribution in [-0.4, -0.2) is 35.3 Å². The van der Waals surface area contributed by atoms with Crippen molar-refractivity contribution in [3.05, 3.63) is 22.9 Å². The number of H-pyrrole nitrogens is 1. The Labute approximate surface area is 121 Å². The molecule has 104 valence electrons. The molecule has 0 amide bonds. The molecule has 1 aromatic carbocycles. The van der Waals surface area contributed by atoms with Crippen LogP contribution < -0.4 is 0 Å². The average Bonchev–Trinajstić information content (AvgIpc) is 2.75. The Bertz CT molecular complexity index is 716. The van der Waals surface area contributed by atoms with Gasteiger partial charge in [-0.15, -0.1) is 0 Å². The molecule has 0 aliphatic rings. The van der Waals surface area contributed by atoms with Gasteiger partial charge in [0.1, 0.15) is 5.52 Å². The maximum atomic E-state index is 12.6. The first-order chi connectivity index (χ1) is 8.64. The van der Waals surface area contributed by atoms with E-state index in [1.54, 1.807) is 25.5 Å². The molecule has 0 atom stereocenters. The number of hydrogen-bond donors (Lipinski definition) is 1. The number of imidazole rings is 1. The number of halogens is 1. The first-order valence-corrected chi connectivity index (χ1v) is 7.99. The molecule has 1 heterocycles. The standard InChI is InChI=1S/C12H16BrN3O2S/c1-12(2,3)16(4)19(17,18)8-5-9(13)11-10(6-8)14-7-15-11/h5-7H,1-4H3,(H,14,15). The van der Waals surface area contributed by atoms with E-state index in [2.05, 4.69) is 25.9 Å². The van der Waals surface area contributed by atoms with E-state index < -0.39 is 15.6 Å². The monoisotopic (exact) mass is 345 g/mol. The molecule has 2 aromatic rings. The predicted molar refractivity (Wildman–Crippen MR) is 78.5 cm³/mol. The van der Waals surface area contributed by atoms with Crippen LogP contribution in [0.1, 0.15) is 20.8 Å². The number of sulfonamides is 1. The van der Waals surface area contributed by atoms with Crippen LogP contribution in [0.2, 0.25) is 0 Å². The van der Waals surface area contributed by atoms with Crippen LogP contribution >= 0.6 is 15.9 Å². The van der Waals surface area contributed by atoms with Gasteiger partial charge in [-0.05, 0) is 48.8 Å². The summed E-state index contributed by atoms with van der Waals surface area (Å²) < 4.78 is 27.2. The number of fused-ring (bicyclic) bond motifs is 1. The maximum absolute atomic E-state index is 12.6. The molecule has 0 spiro atoms. The van der Waals surface area contributed by atoms with Gasteiger partial charge in [-0.2, -0.15) is 4.31 Å². The van der Waals surface area contributed by atoms with Gasteiger partial charge in [0.15, 0.2) is 0 Å². The Kier molecular flexibility index (Phi) is 3.49. The van der Waals surface area contributed by atoms with E-state index in [1.165, 1.54) is 4.31 Å². The second-order valence-electron chi connectivity index (χ2n) is 5.35. The molecular weight excluding hydrogens is 330 g/mol. The lowest BCUT2D eigenvalue weighted by atomic mass is 10.1. The van der Waals surface area contributed by atoms with Crippen molar-refractivity contribution in [3.8, 4) is 0 Å². The van der Waals surface area contributed by atoms with Crippen molar-refractivity contribution >= 4 is 37.0 Å². The van der Waals surface area contributed by atoms with Crippen LogP contribution in [0.5, 0.6) is 0 Å². The van der Waals surface area contributed by atoms with Gasteiger partial charge in [-0.25, -0.2) is 13.4 Å². The van der Waals surface area contributed by atoms with Crippen molar-refractivity contribution in [2.45, 2.75) is 31.2 Å². The molecule has 0 saturated carbocycles. The lowest BCUT2D eigenvalue weighted by molar-refractivity contribution is 0.292. The summed E-state index contributed by atoms with van der Waals surface area (Å²) in [4.78, 5) is 7.29. The summed E-state index contributed by atoms with van der Waals surface area (Å²) in [5.41, 5.74) is 0.932. The van der Waals surface area contributed by atoms with Crippen molar-refractivity contribution in [2.75, 3.05) is 7.05 Å². The molecule has 5 nitrogen and oxygen atoms in total. The second-order valence-corrected chi connectivity index (χ2v) is 8.17. The van der Waals surface area contributed by atoms with E-state index in [-0.39, 0.29) is 4.90 Å². The van der Waals surface area contributed by atoms with Crippen molar-refractivity contribution in [3.63, 3.8) is 0 Å². The van der Waals surface area contributed by atoms with Gasteiger partial charge in [0, 0.05) is 17.1 Å². The van der Waals surface area contributed by atoms with E-state index in [1.807, 2.05) is 20.8 Å². The molecule has 2 rings (SSSR count). The minimum absolute atomic E-state index is 0.244. The third-order valence-corrected chi connectivity index (χ3v) is 5.76. The highest BCUT2D eigenvalue weighted by atomic mass is 79.9. The van der Waals surface area contributed by atoms with E-state index in [9.17, 15) is 8.42 Å². The van der Waals surface area contributed by atoms with Gasteiger partial charge < -0.3 is 4.98 Å². The van der Waals surface area contributed by atoms with Crippen LogP contribution in [0.3, 0.4) is 0 Å². The van der Waals surface area contributed by atoms with Crippen molar-refractivity contribution in [2.24, 2.45) is 0 Å². The molecule has 0 unspecified atom stereocenters. The van der Waals surface area contributed by atoms with Crippen LogP contribution in [-0.2, 0) is 10.0 Å². The lowest BCUT2D eigenvalue weighted by Crippen LogP contribution is -2.42. The summed E-state index contributed by atoms with van der Waals surface area (Å²) in [6.07, 6.45) is 1.54. The third-order valence-electron chi connectivity index (χ3n) is 3.05. The molecule has 1 aromatic heterocycles. The molecule has 7 heteroatoms. The van der Waals surface area contributed by atoms with E-state index in [0.717, 1.165) is 5.52 Å². The van der Waals surface area contributed by atoms with E-state index in [0.29, 0.717) is 9.99 Å². The molecule has 0 radical (unpaired) electrons. The zero-order valence-corrected chi connectivity index (χ0v) is 13.6. The fraction of sp³-hybridized carbons (Fsp3) is 0.417. The normalized spacial score (nSPS) is 13.4. The number of rotatable bonds is 2. The van der Waals surface area contributed by atoms with Crippen molar-refractivity contribution in [1.29, 1.82) is 0 Å². The lowest BCUT2D eigenvalue weighted by Gasteiger charge is -2.30. The molecule has 0 bridgehead atoms. The van der Waals surface area contributed by atoms with Gasteiger partial charge in [0.05, 0.1) is 16.7 Å². The van der Waals surface area contributed by atoms with Gasteiger partial charge in [-0.1, -0.05) is 0 Å². The summed E-state index contributed by atoms with van der Waals surface area (Å²) in [6, 6.07) is 3.19. The van der Waals surface area contributed by atoms with Gasteiger partial charge in [0.2, 0.25) is 10.0 Å². The zero-order valence-electron chi connectivity index (χ0n) is 11.2. The third kappa shape index (κ3) is 2.54. The molecule has 0 fully saturated rings. The first kappa shape index (κ1) is 14.5. The fourth-order valence-electron chi connectivity index (χ4n) is 1.65. The Balaban J connectivity index is 2.61. The molecule has 1 N–H and O–H groups in total. The smallest absolute Gasteiger partial charge is 0.243 e. The highest BCUT2D eigenvalue weighted by Gasteiger charge is 2.30. The van der Waals surface area contributed by atoms with Gasteiger partial charge >= 0.3 is 0 Å². The quantitative estimate of drug-likeness (QED) is 0.909. The SMILES string of the molecule is CN(C(C)(C)C)S(=O)(=O)c1cc(Br)c2nc[nH]c2c1. The van der Waals surface area contributed by atoms with Crippen molar-refractivity contribution in [1.82, 2.24) is 14.3 Å². The van der Waals surface area contributed by atoms with E-state index >= 15 is 0 Å². The van der Waals surface area contributed by atoms with Crippen LogP contribution in [0, 0.1) is 0 Å². The molecule has 0 aliphatic heterocycles. The highest BCUT2D eigenvalue weighted by molar-refractivity contribution is 9.10. The molecule has 19 heavy (non-hydrogen) atoms. The first-order valence-electron chi connectivity index (χ1n) is 5.76. The topological polar surface area (TPSA) is 66.1 Å². The molecule has 0 aliphatic carbocycles. The fourth-order valence-corrected chi connectivity index (χ4v) is 3.93. The minimum atomic E-state index is -3.53. The van der Waals surface area contributed by atoms with Crippen LogP contribution in [0.4, 0.5) is 0 Å². The summed E-state index contributed by atoms with van der Waals surface area (Å²) in [7, 11) is -1.95. The summed E-state index contributed by atoms with van der Waals surface area (Å²) in [5.74, 6) is 0. The molecule has 0 saturated heterocycles. The number of hydrogen-bond acceptors (Lipinski definition) is 3. The highest BCUT2D eigenvalue weighted by Crippen LogP contribution is 2.29. The Morgan fingerprint density at radius 1 is 1.32 bits per heavy atom. The maximum Gasteiger partial charge on any atom is 0.243 e.